The van der Waals surface area contributed by atoms with Gasteiger partial charge in [-0.05, 0) is 58.7 Å². The van der Waals surface area contributed by atoms with Crippen LogP contribution >= 0.6 is 0 Å². The third kappa shape index (κ3) is 9.69. The van der Waals surface area contributed by atoms with Gasteiger partial charge in [0.2, 0.25) is 0 Å². The first-order valence-electron chi connectivity index (χ1n) is 11.3. The predicted octanol–water partition coefficient (Wildman–Crippen LogP) is 5.89. The Balaban J connectivity index is 2.23. The highest BCUT2D eigenvalue weighted by atomic mass is 19.4. The predicted molar refractivity (Wildman–Crippen MR) is 124 cm³/mol. The molecular formula is C27H28F6O3. The van der Waals surface area contributed by atoms with E-state index in [1.165, 1.54) is 6.08 Å². The van der Waals surface area contributed by atoms with Gasteiger partial charge < -0.3 is 15.3 Å². The number of aliphatic hydroxyl groups is 3. The number of aliphatic hydroxyl groups excluding tert-OH is 2. The average molecular weight is 515 g/mol. The summed E-state index contributed by atoms with van der Waals surface area (Å²) in [4.78, 5) is 0. The first-order valence-corrected chi connectivity index (χ1v) is 11.3. The molecule has 0 radical (unpaired) electrons. The van der Waals surface area contributed by atoms with E-state index >= 15 is 0 Å². The molecule has 0 aliphatic carbocycles. The van der Waals surface area contributed by atoms with E-state index in [1.54, 1.807) is 31.0 Å². The Kier molecular flexibility index (Phi) is 10.2. The molecule has 0 unspecified atom stereocenters. The molecule has 0 amide bonds. The van der Waals surface area contributed by atoms with E-state index in [0.717, 1.165) is 11.1 Å². The molecule has 2 aromatic carbocycles. The number of rotatable bonds is 9. The zero-order chi connectivity index (χ0) is 27.0. The van der Waals surface area contributed by atoms with Gasteiger partial charge in [-0.2, -0.15) is 26.3 Å². The smallest absolute Gasteiger partial charge is 0.392 e. The van der Waals surface area contributed by atoms with E-state index in [0.29, 0.717) is 41.5 Å². The molecule has 0 spiro atoms. The molecule has 0 saturated carbocycles. The minimum Gasteiger partial charge on any atom is -0.392 e. The first kappa shape index (κ1) is 29.4. The summed E-state index contributed by atoms with van der Waals surface area (Å²) in [7, 11) is 0. The Morgan fingerprint density at radius 1 is 0.833 bits per heavy atom. The van der Waals surface area contributed by atoms with Crippen LogP contribution in [0.25, 0.3) is 5.57 Å². The lowest BCUT2D eigenvalue weighted by molar-refractivity contribution is -0.201. The number of alkyl halides is 6. The average Bonchev–Trinajstić information content (AvgIpc) is 2.78. The lowest BCUT2D eigenvalue weighted by atomic mass is 9.94. The zero-order valence-electron chi connectivity index (χ0n) is 19.7. The number of benzene rings is 2. The van der Waals surface area contributed by atoms with Crippen molar-refractivity contribution in [3.05, 3.63) is 76.4 Å². The fourth-order valence-corrected chi connectivity index (χ4v) is 3.81. The first-order chi connectivity index (χ1) is 16.8. The summed E-state index contributed by atoms with van der Waals surface area (Å²) in [6, 6.07) is 12.8. The summed E-state index contributed by atoms with van der Waals surface area (Å²) in [6.07, 6.45) is -11.3. The summed E-state index contributed by atoms with van der Waals surface area (Å²) < 4.78 is 76.4. The second-order valence-corrected chi connectivity index (χ2v) is 8.53. The molecule has 0 atom stereocenters. The lowest BCUT2D eigenvalue weighted by Crippen LogP contribution is -2.38. The quantitative estimate of drug-likeness (QED) is 0.289. The SMILES string of the molecule is CC/C(=C/C#CC(O)(CC(F)(F)F)CC(F)(F)F)c1cccc(CCc2ccc(CO)c(CO)c2)c1. The van der Waals surface area contributed by atoms with Crippen molar-refractivity contribution >= 4 is 5.57 Å². The molecule has 36 heavy (non-hydrogen) atoms. The second-order valence-electron chi connectivity index (χ2n) is 8.53. The van der Waals surface area contributed by atoms with Crippen molar-refractivity contribution in [2.24, 2.45) is 0 Å². The van der Waals surface area contributed by atoms with Crippen molar-refractivity contribution in [3.63, 3.8) is 0 Å². The van der Waals surface area contributed by atoms with Gasteiger partial charge in [0, 0.05) is 0 Å². The number of aryl methyl sites for hydroxylation is 2. The number of hydrogen-bond donors (Lipinski definition) is 3. The fourth-order valence-electron chi connectivity index (χ4n) is 3.81. The van der Waals surface area contributed by atoms with Crippen LogP contribution in [0.15, 0.2) is 48.5 Å². The van der Waals surface area contributed by atoms with Gasteiger partial charge in [0.1, 0.15) is 5.60 Å². The van der Waals surface area contributed by atoms with Crippen LogP contribution in [0.4, 0.5) is 26.3 Å². The molecule has 196 valence electrons. The van der Waals surface area contributed by atoms with Crippen LogP contribution in [0.2, 0.25) is 0 Å². The molecule has 0 aliphatic rings. The van der Waals surface area contributed by atoms with E-state index in [-0.39, 0.29) is 13.2 Å². The molecule has 3 N–H and O–H groups in total. The van der Waals surface area contributed by atoms with Gasteiger partial charge in [0.25, 0.3) is 0 Å². The number of hydrogen-bond acceptors (Lipinski definition) is 3. The maximum Gasteiger partial charge on any atom is 0.392 e. The van der Waals surface area contributed by atoms with Crippen molar-refractivity contribution in [2.75, 3.05) is 0 Å². The lowest BCUT2D eigenvalue weighted by Gasteiger charge is -2.24. The van der Waals surface area contributed by atoms with Crippen LogP contribution in [-0.4, -0.2) is 33.3 Å². The van der Waals surface area contributed by atoms with Crippen LogP contribution in [0.5, 0.6) is 0 Å². The maximum atomic E-state index is 12.7. The zero-order valence-corrected chi connectivity index (χ0v) is 19.7. The minimum absolute atomic E-state index is 0.170. The van der Waals surface area contributed by atoms with Crippen molar-refractivity contribution in [1.29, 1.82) is 0 Å². The normalized spacial score (nSPS) is 12.9. The molecule has 0 aliphatic heterocycles. The highest BCUT2D eigenvalue weighted by Crippen LogP contribution is 2.35. The highest BCUT2D eigenvalue weighted by Gasteiger charge is 2.47. The summed E-state index contributed by atoms with van der Waals surface area (Å²) in [5, 5.41) is 28.7. The molecule has 9 heteroatoms. The van der Waals surface area contributed by atoms with Crippen LogP contribution < -0.4 is 0 Å². The standard InChI is InChI=1S/C27H28F6O3/c1-2-21(7-4-12-25(36,17-26(28,29)30)18-27(31,32)33)22-6-3-5-19(13-22)8-9-20-10-11-23(15-34)24(14-20)16-35/h3,5-7,10-11,13-14,34-36H,2,8-9,15-18H2,1H3/b21-7-. The molecule has 0 bridgehead atoms. The number of halogens is 6. The fraction of sp³-hybridized carbons (Fsp3) is 0.407. The Morgan fingerprint density at radius 3 is 1.94 bits per heavy atom. The third-order valence-electron chi connectivity index (χ3n) is 5.53. The van der Waals surface area contributed by atoms with Gasteiger partial charge in [0.15, 0.2) is 0 Å². The molecule has 0 saturated heterocycles. The third-order valence-corrected chi connectivity index (χ3v) is 5.53. The van der Waals surface area contributed by atoms with Gasteiger partial charge >= 0.3 is 12.4 Å². The van der Waals surface area contributed by atoms with Gasteiger partial charge in [-0.25, -0.2) is 0 Å². The van der Waals surface area contributed by atoms with Crippen LogP contribution in [0.3, 0.4) is 0 Å². The van der Waals surface area contributed by atoms with Crippen molar-refractivity contribution in [1.82, 2.24) is 0 Å². The number of allylic oxidation sites excluding steroid dienone is 2. The largest absolute Gasteiger partial charge is 0.392 e. The summed E-state index contributed by atoms with van der Waals surface area (Å²) >= 11 is 0. The van der Waals surface area contributed by atoms with Crippen molar-refractivity contribution < 1.29 is 41.7 Å². The van der Waals surface area contributed by atoms with Crippen molar-refractivity contribution in [3.8, 4) is 11.8 Å². The van der Waals surface area contributed by atoms with Crippen LogP contribution in [0, 0.1) is 11.8 Å². The highest BCUT2D eigenvalue weighted by molar-refractivity contribution is 5.68. The Bertz CT molecular complexity index is 1090. The van der Waals surface area contributed by atoms with Crippen LogP contribution in [-0.2, 0) is 26.1 Å². The maximum absolute atomic E-state index is 12.7. The summed E-state index contributed by atoms with van der Waals surface area (Å²) in [6.45, 7) is 1.42. The van der Waals surface area contributed by atoms with Gasteiger partial charge in [-0.3, -0.25) is 0 Å². The second kappa shape index (κ2) is 12.4. The van der Waals surface area contributed by atoms with Crippen molar-refractivity contribution in [2.45, 2.75) is 70.2 Å². The molecule has 0 fully saturated rings. The van der Waals surface area contributed by atoms with Crippen LogP contribution in [0.1, 0.15) is 54.0 Å². The molecule has 3 nitrogen and oxygen atoms in total. The monoisotopic (exact) mass is 514 g/mol. The molecule has 0 heterocycles. The Labute approximate surface area is 206 Å². The van der Waals surface area contributed by atoms with E-state index in [4.69, 9.17) is 0 Å². The van der Waals surface area contributed by atoms with Gasteiger partial charge in [0.05, 0.1) is 26.1 Å². The minimum atomic E-state index is -5.02. The molecular weight excluding hydrogens is 486 g/mol. The summed E-state index contributed by atoms with van der Waals surface area (Å²) in [5.74, 6) is 3.99. The van der Waals surface area contributed by atoms with Gasteiger partial charge in [-0.1, -0.05) is 61.2 Å². The van der Waals surface area contributed by atoms with E-state index < -0.39 is 30.8 Å². The van der Waals surface area contributed by atoms with E-state index in [1.807, 2.05) is 24.3 Å². The van der Waals surface area contributed by atoms with E-state index in [9.17, 15) is 41.7 Å². The summed E-state index contributed by atoms with van der Waals surface area (Å²) in [5.41, 5.74) is 1.25. The Morgan fingerprint density at radius 2 is 1.42 bits per heavy atom. The topological polar surface area (TPSA) is 60.7 Å². The molecule has 2 aromatic rings. The molecule has 2 rings (SSSR count). The molecule has 0 aromatic heterocycles. The van der Waals surface area contributed by atoms with E-state index in [2.05, 4.69) is 5.92 Å². The Hall–Kier alpha value is -2.80. The van der Waals surface area contributed by atoms with Gasteiger partial charge in [-0.15, -0.1) is 0 Å².